The van der Waals surface area contributed by atoms with Gasteiger partial charge in [-0.05, 0) is 0 Å². The summed E-state index contributed by atoms with van der Waals surface area (Å²) in [5.74, 6) is 1.07. The summed E-state index contributed by atoms with van der Waals surface area (Å²) in [6, 6.07) is 1.69. The Bertz CT molecular complexity index is 283. The number of nitrogens with one attached hydrogen (secondary N) is 1. The van der Waals surface area contributed by atoms with Gasteiger partial charge in [-0.1, -0.05) is 0 Å². The Balaban J connectivity index is 2.24. The predicted octanol–water partition coefficient (Wildman–Crippen LogP) is -0.128. The maximum atomic E-state index is 5.27. The van der Waals surface area contributed by atoms with Gasteiger partial charge < -0.3 is 20.5 Å². The van der Waals surface area contributed by atoms with E-state index in [2.05, 4.69) is 15.3 Å². The van der Waals surface area contributed by atoms with Gasteiger partial charge in [-0.2, -0.15) is 4.98 Å². The number of nitrogens with zero attached hydrogens (tertiary/aromatic N) is 2. The van der Waals surface area contributed by atoms with Crippen LogP contribution >= 0.6 is 0 Å². The zero-order valence-electron chi connectivity index (χ0n) is 8.77. The lowest BCUT2D eigenvalue weighted by molar-refractivity contribution is 0.151. The average Bonchev–Trinajstić information content (AvgIpc) is 2.29. The van der Waals surface area contributed by atoms with E-state index in [1.54, 1.807) is 19.4 Å². The Morgan fingerprint density at radius 2 is 2.33 bits per heavy atom. The molecule has 0 aliphatic carbocycles. The molecule has 6 heteroatoms. The predicted molar refractivity (Wildman–Crippen MR) is 56.9 cm³/mol. The highest BCUT2D eigenvalue weighted by atomic mass is 16.5. The molecule has 0 unspecified atom stereocenters. The van der Waals surface area contributed by atoms with Crippen LogP contribution in [0, 0.1) is 0 Å². The molecule has 0 saturated heterocycles. The molecule has 1 rings (SSSR count). The van der Waals surface area contributed by atoms with Gasteiger partial charge in [0.1, 0.15) is 0 Å². The molecule has 1 aromatic rings. The fourth-order valence-electron chi connectivity index (χ4n) is 0.961. The van der Waals surface area contributed by atoms with E-state index in [-0.39, 0.29) is 0 Å². The van der Waals surface area contributed by atoms with Crippen molar-refractivity contribution in [3.63, 3.8) is 0 Å². The van der Waals surface area contributed by atoms with E-state index in [1.165, 1.54) is 0 Å². The monoisotopic (exact) mass is 212 g/mol. The number of methoxy groups -OCH3 is 1. The Kier molecular flexibility index (Phi) is 5.42. The molecule has 0 amide bonds. The smallest absolute Gasteiger partial charge is 0.226 e. The van der Waals surface area contributed by atoms with E-state index in [1.807, 2.05) is 0 Å². The summed E-state index contributed by atoms with van der Waals surface area (Å²) < 4.78 is 10.1. The van der Waals surface area contributed by atoms with Crippen molar-refractivity contribution in [1.29, 1.82) is 0 Å². The van der Waals surface area contributed by atoms with Crippen molar-refractivity contribution in [2.75, 3.05) is 38.7 Å². The summed E-state index contributed by atoms with van der Waals surface area (Å²) in [6.07, 6.45) is 1.63. The van der Waals surface area contributed by atoms with Gasteiger partial charge in [0.2, 0.25) is 11.8 Å². The lowest BCUT2D eigenvalue weighted by Crippen LogP contribution is -2.15. The van der Waals surface area contributed by atoms with Gasteiger partial charge in [-0.15, -0.1) is 0 Å². The quantitative estimate of drug-likeness (QED) is 0.613. The van der Waals surface area contributed by atoms with Gasteiger partial charge >= 0.3 is 0 Å². The first kappa shape index (κ1) is 11.7. The molecule has 15 heavy (non-hydrogen) atoms. The van der Waals surface area contributed by atoms with E-state index in [0.29, 0.717) is 38.1 Å². The van der Waals surface area contributed by atoms with Crippen LogP contribution in [0.5, 0.6) is 5.88 Å². The second-order valence-electron chi connectivity index (χ2n) is 2.75. The average molecular weight is 212 g/mol. The maximum absolute atomic E-state index is 5.27. The second-order valence-corrected chi connectivity index (χ2v) is 2.75. The maximum Gasteiger partial charge on any atom is 0.226 e. The minimum absolute atomic E-state index is 0.533. The molecule has 0 bridgehead atoms. The number of hydrogen-bond donors (Lipinski definition) is 2. The lowest BCUT2D eigenvalue weighted by atomic mass is 10.6. The van der Waals surface area contributed by atoms with E-state index in [4.69, 9.17) is 15.2 Å². The summed E-state index contributed by atoms with van der Waals surface area (Å²) in [4.78, 5) is 8.11. The molecule has 0 spiro atoms. The van der Waals surface area contributed by atoms with Crippen LogP contribution in [-0.4, -0.2) is 43.4 Å². The Morgan fingerprint density at radius 3 is 3.07 bits per heavy atom. The highest BCUT2D eigenvalue weighted by Crippen LogP contribution is 2.06. The van der Waals surface area contributed by atoms with Crippen LogP contribution in [0.3, 0.4) is 0 Å². The van der Waals surface area contributed by atoms with Crippen molar-refractivity contribution in [2.24, 2.45) is 5.73 Å². The first-order valence-electron chi connectivity index (χ1n) is 4.75. The minimum atomic E-state index is 0.533. The summed E-state index contributed by atoms with van der Waals surface area (Å²) in [5, 5.41) is 3.01. The molecule has 84 valence electrons. The Labute approximate surface area is 88.8 Å². The zero-order chi connectivity index (χ0) is 10.9. The molecular weight excluding hydrogens is 196 g/mol. The minimum Gasteiger partial charge on any atom is -0.481 e. The third-order valence-corrected chi connectivity index (χ3v) is 1.63. The van der Waals surface area contributed by atoms with Crippen LogP contribution < -0.4 is 15.8 Å². The van der Waals surface area contributed by atoms with Crippen LogP contribution in [-0.2, 0) is 4.74 Å². The van der Waals surface area contributed by atoms with Crippen molar-refractivity contribution < 1.29 is 9.47 Å². The number of aromatic nitrogens is 2. The SMILES string of the molecule is COc1ccnc(NCCOCCN)n1. The fraction of sp³-hybridized carbons (Fsp3) is 0.556. The van der Waals surface area contributed by atoms with E-state index < -0.39 is 0 Å². The first-order chi connectivity index (χ1) is 7.36. The van der Waals surface area contributed by atoms with Gasteiger partial charge in [0.05, 0.1) is 20.3 Å². The lowest BCUT2D eigenvalue weighted by Gasteiger charge is -2.05. The molecular formula is C9H16N4O2. The zero-order valence-corrected chi connectivity index (χ0v) is 8.77. The summed E-state index contributed by atoms with van der Waals surface area (Å²) >= 11 is 0. The molecule has 6 nitrogen and oxygen atoms in total. The Hall–Kier alpha value is -1.40. The van der Waals surface area contributed by atoms with Crippen molar-refractivity contribution >= 4 is 5.95 Å². The topological polar surface area (TPSA) is 82.3 Å². The van der Waals surface area contributed by atoms with E-state index in [0.717, 1.165) is 0 Å². The third kappa shape index (κ3) is 4.57. The standard InChI is InChI=1S/C9H16N4O2/c1-14-8-2-4-11-9(13-8)12-5-7-15-6-3-10/h2,4H,3,5-7,10H2,1H3,(H,11,12,13). The van der Waals surface area contributed by atoms with Crippen LogP contribution in [0.2, 0.25) is 0 Å². The van der Waals surface area contributed by atoms with Crippen LogP contribution in [0.25, 0.3) is 0 Å². The molecule has 0 fully saturated rings. The van der Waals surface area contributed by atoms with Gasteiger partial charge in [-0.25, -0.2) is 4.98 Å². The largest absolute Gasteiger partial charge is 0.481 e. The van der Waals surface area contributed by atoms with E-state index in [9.17, 15) is 0 Å². The van der Waals surface area contributed by atoms with Crippen molar-refractivity contribution in [3.8, 4) is 5.88 Å². The van der Waals surface area contributed by atoms with Gasteiger partial charge in [0.25, 0.3) is 0 Å². The number of hydrogen-bond acceptors (Lipinski definition) is 6. The molecule has 0 radical (unpaired) electrons. The highest BCUT2D eigenvalue weighted by molar-refractivity contribution is 5.26. The van der Waals surface area contributed by atoms with Crippen LogP contribution in [0.4, 0.5) is 5.95 Å². The van der Waals surface area contributed by atoms with Gasteiger partial charge in [0.15, 0.2) is 0 Å². The molecule has 0 aliphatic heterocycles. The molecule has 3 N–H and O–H groups in total. The van der Waals surface area contributed by atoms with Crippen LogP contribution in [0.15, 0.2) is 12.3 Å². The van der Waals surface area contributed by atoms with Crippen molar-refractivity contribution in [2.45, 2.75) is 0 Å². The van der Waals surface area contributed by atoms with Crippen LogP contribution in [0.1, 0.15) is 0 Å². The molecule has 1 aromatic heterocycles. The molecule has 0 aromatic carbocycles. The number of anilines is 1. The third-order valence-electron chi connectivity index (χ3n) is 1.63. The first-order valence-corrected chi connectivity index (χ1v) is 4.75. The molecule has 0 atom stereocenters. The number of ether oxygens (including phenoxy) is 2. The summed E-state index contributed by atoms with van der Waals surface area (Å²) in [7, 11) is 1.57. The Morgan fingerprint density at radius 1 is 1.47 bits per heavy atom. The number of nitrogens with two attached hydrogens (primary N) is 1. The van der Waals surface area contributed by atoms with Gasteiger partial charge in [0, 0.05) is 25.4 Å². The number of rotatable bonds is 7. The van der Waals surface area contributed by atoms with Gasteiger partial charge in [-0.3, -0.25) is 0 Å². The molecule has 0 saturated carbocycles. The normalized spacial score (nSPS) is 10.0. The van der Waals surface area contributed by atoms with Crippen molar-refractivity contribution in [3.05, 3.63) is 12.3 Å². The van der Waals surface area contributed by atoms with E-state index >= 15 is 0 Å². The highest BCUT2D eigenvalue weighted by Gasteiger charge is 1.97. The summed E-state index contributed by atoms with van der Waals surface area (Å²) in [5.41, 5.74) is 5.27. The molecule has 0 aliphatic rings. The molecule has 1 heterocycles. The summed E-state index contributed by atoms with van der Waals surface area (Å²) in [6.45, 7) is 2.33. The fourth-order valence-corrected chi connectivity index (χ4v) is 0.961. The second kappa shape index (κ2) is 6.97. The van der Waals surface area contributed by atoms with Crippen molar-refractivity contribution in [1.82, 2.24) is 9.97 Å².